The zero-order chi connectivity index (χ0) is 20.8. The van der Waals surface area contributed by atoms with E-state index in [1.165, 1.54) is 26.0 Å². The van der Waals surface area contributed by atoms with Crippen LogP contribution in [0, 0.1) is 0 Å². The van der Waals surface area contributed by atoms with Crippen LogP contribution in [0.2, 0.25) is 0 Å². The van der Waals surface area contributed by atoms with Crippen molar-refractivity contribution >= 4 is 12.6 Å². The fraction of sp³-hybridized carbons (Fsp3) is 0.684. The Morgan fingerprint density at radius 3 is 2.00 bits per heavy atom. The van der Waals surface area contributed by atoms with Crippen LogP contribution in [0.4, 0.5) is 8.78 Å². The maximum absolute atomic E-state index is 12.6. The third-order valence-corrected chi connectivity index (χ3v) is 5.83. The van der Waals surface area contributed by atoms with E-state index in [4.69, 9.17) is 9.31 Å². The molecule has 8 heteroatoms. The molecule has 3 N–H and O–H groups in total. The van der Waals surface area contributed by atoms with Crippen molar-refractivity contribution in [3.05, 3.63) is 29.8 Å². The van der Waals surface area contributed by atoms with Crippen molar-refractivity contribution in [3.8, 4) is 0 Å². The third-order valence-electron chi connectivity index (χ3n) is 5.83. The van der Waals surface area contributed by atoms with Gasteiger partial charge in [-0.05, 0) is 52.6 Å². The predicted molar refractivity (Wildman–Crippen MR) is 99.0 cm³/mol. The van der Waals surface area contributed by atoms with Crippen molar-refractivity contribution in [1.82, 2.24) is 0 Å². The Labute approximate surface area is 159 Å². The molecule has 1 saturated heterocycles. The van der Waals surface area contributed by atoms with Gasteiger partial charge in [0, 0.05) is 6.42 Å². The number of hydrogen-bond acceptors (Lipinski definition) is 5. The van der Waals surface area contributed by atoms with Crippen LogP contribution in [0.1, 0.15) is 59.6 Å². The molecule has 152 valence electrons. The second-order valence-electron chi connectivity index (χ2n) is 8.76. The summed E-state index contributed by atoms with van der Waals surface area (Å²) >= 11 is 0. The van der Waals surface area contributed by atoms with Crippen molar-refractivity contribution in [1.29, 1.82) is 0 Å². The van der Waals surface area contributed by atoms with Crippen LogP contribution in [-0.4, -0.2) is 51.3 Å². The molecule has 0 aliphatic carbocycles. The number of aliphatic hydroxyl groups is 3. The maximum Gasteiger partial charge on any atom is 0.494 e. The summed E-state index contributed by atoms with van der Waals surface area (Å²) in [6, 6.07) is 5.96. The lowest BCUT2D eigenvalue weighted by molar-refractivity contribution is -0.161. The summed E-state index contributed by atoms with van der Waals surface area (Å²) in [5, 5.41) is 30.5. The quantitative estimate of drug-likeness (QED) is 0.654. The lowest BCUT2D eigenvalue weighted by Crippen LogP contribution is -2.57. The Morgan fingerprint density at radius 2 is 1.56 bits per heavy atom. The SMILES string of the molecule is CC(C)(O)C(C)(O)CC1(C)OB(c2ccc(C(O)C(F)F)cc2)OC1(C)C. The molecule has 0 radical (unpaired) electrons. The molecule has 3 atom stereocenters. The Bertz CT molecular complexity index is 657. The first kappa shape index (κ1) is 22.2. The van der Waals surface area contributed by atoms with Crippen LogP contribution >= 0.6 is 0 Å². The minimum Gasteiger partial charge on any atom is -0.399 e. The van der Waals surface area contributed by atoms with Crippen molar-refractivity contribution < 1.29 is 33.4 Å². The molecule has 1 aliphatic heterocycles. The molecule has 1 aromatic carbocycles. The van der Waals surface area contributed by atoms with E-state index in [0.29, 0.717) is 5.46 Å². The zero-order valence-corrected chi connectivity index (χ0v) is 16.7. The van der Waals surface area contributed by atoms with E-state index < -0.39 is 42.1 Å². The lowest BCUT2D eigenvalue weighted by Gasteiger charge is -2.45. The van der Waals surface area contributed by atoms with Gasteiger partial charge in [-0.15, -0.1) is 0 Å². The minimum atomic E-state index is -2.86. The zero-order valence-electron chi connectivity index (χ0n) is 16.7. The van der Waals surface area contributed by atoms with Crippen molar-refractivity contribution in [3.63, 3.8) is 0 Å². The van der Waals surface area contributed by atoms with E-state index >= 15 is 0 Å². The summed E-state index contributed by atoms with van der Waals surface area (Å²) in [4.78, 5) is 0. The standard InChI is InChI=1S/C19H29BF2O5/c1-16(2,24)18(5,25)11-19(6)17(3,4)26-20(27-19)13-9-7-12(8-10-13)14(23)15(21)22/h7-10,14-15,23-25H,11H2,1-6H3. The van der Waals surface area contributed by atoms with E-state index in [0.717, 1.165) is 0 Å². The first-order chi connectivity index (χ1) is 12.1. The molecule has 0 saturated carbocycles. The van der Waals surface area contributed by atoms with Crippen molar-refractivity contribution in [2.24, 2.45) is 0 Å². The lowest BCUT2D eigenvalue weighted by atomic mass is 9.73. The molecular formula is C19H29BF2O5. The number of hydrogen-bond donors (Lipinski definition) is 3. The average molecular weight is 386 g/mol. The molecule has 0 amide bonds. The molecule has 0 aromatic heterocycles. The summed E-state index contributed by atoms with van der Waals surface area (Å²) < 4.78 is 37.4. The molecule has 0 bridgehead atoms. The Balaban J connectivity index is 2.23. The highest BCUT2D eigenvalue weighted by Gasteiger charge is 2.58. The Morgan fingerprint density at radius 1 is 1.04 bits per heavy atom. The smallest absolute Gasteiger partial charge is 0.399 e. The second-order valence-corrected chi connectivity index (χ2v) is 8.76. The number of rotatable bonds is 6. The predicted octanol–water partition coefficient (Wildman–Crippen LogP) is 2.18. The molecule has 0 spiro atoms. The minimum absolute atomic E-state index is 0.110. The topological polar surface area (TPSA) is 79.2 Å². The summed E-state index contributed by atoms with van der Waals surface area (Å²) in [5.41, 5.74) is -3.75. The van der Waals surface area contributed by atoms with Gasteiger partial charge in [-0.25, -0.2) is 8.78 Å². The highest BCUT2D eigenvalue weighted by atomic mass is 19.3. The average Bonchev–Trinajstić information content (AvgIpc) is 2.74. The van der Waals surface area contributed by atoms with Crippen LogP contribution in [0.25, 0.3) is 0 Å². The van der Waals surface area contributed by atoms with Crippen LogP contribution in [0.15, 0.2) is 24.3 Å². The molecule has 5 nitrogen and oxygen atoms in total. The van der Waals surface area contributed by atoms with Gasteiger partial charge < -0.3 is 24.6 Å². The second kappa shape index (κ2) is 7.08. The summed E-state index contributed by atoms with van der Waals surface area (Å²) in [6.45, 7) is 10.1. The number of halogens is 2. The van der Waals surface area contributed by atoms with Crippen molar-refractivity contribution in [2.45, 2.75) is 82.9 Å². The van der Waals surface area contributed by atoms with E-state index in [1.807, 2.05) is 20.8 Å². The van der Waals surface area contributed by atoms with Gasteiger partial charge in [0.1, 0.15) is 6.10 Å². The molecule has 1 fully saturated rings. The summed E-state index contributed by atoms with van der Waals surface area (Å²) in [5.74, 6) is 0. The van der Waals surface area contributed by atoms with E-state index in [2.05, 4.69) is 0 Å². The molecule has 2 rings (SSSR count). The normalized spacial score (nSPS) is 26.3. The molecule has 27 heavy (non-hydrogen) atoms. The van der Waals surface area contributed by atoms with Crippen LogP contribution in [0.5, 0.6) is 0 Å². The van der Waals surface area contributed by atoms with Gasteiger partial charge in [0.05, 0.1) is 22.4 Å². The van der Waals surface area contributed by atoms with Gasteiger partial charge >= 0.3 is 7.12 Å². The van der Waals surface area contributed by atoms with Gasteiger partial charge in [0.2, 0.25) is 0 Å². The first-order valence-corrected chi connectivity index (χ1v) is 8.96. The first-order valence-electron chi connectivity index (χ1n) is 8.96. The van der Waals surface area contributed by atoms with Crippen LogP contribution in [0.3, 0.4) is 0 Å². The maximum atomic E-state index is 12.6. The highest BCUT2D eigenvalue weighted by Crippen LogP contribution is 2.44. The van der Waals surface area contributed by atoms with E-state index in [-0.39, 0.29) is 12.0 Å². The molecule has 1 aromatic rings. The largest absolute Gasteiger partial charge is 0.494 e. The van der Waals surface area contributed by atoms with Gasteiger partial charge in [-0.2, -0.15) is 0 Å². The molecular weight excluding hydrogens is 357 g/mol. The van der Waals surface area contributed by atoms with Gasteiger partial charge in [0.15, 0.2) is 0 Å². The fourth-order valence-corrected chi connectivity index (χ4v) is 3.05. The molecule has 3 unspecified atom stereocenters. The Hall–Kier alpha value is -1.06. The summed E-state index contributed by atoms with van der Waals surface area (Å²) in [7, 11) is -0.764. The Kier molecular flexibility index (Phi) is 5.83. The monoisotopic (exact) mass is 386 g/mol. The molecule has 1 aliphatic rings. The van der Waals surface area contributed by atoms with Gasteiger partial charge in [-0.3, -0.25) is 0 Å². The molecule has 1 heterocycles. The highest BCUT2D eigenvalue weighted by molar-refractivity contribution is 6.62. The number of benzene rings is 1. The van der Waals surface area contributed by atoms with E-state index in [9.17, 15) is 24.1 Å². The number of alkyl halides is 2. The van der Waals surface area contributed by atoms with E-state index in [1.54, 1.807) is 19.1 Å². The van der Waals surface area contributed by atoms with Gasteiger partial charge in [0.25, 0.3) is 6.43 Å². The fourth-order valence-electron chi connectivity index (χ4n) is 3.05. The number of aliphatic hydroxyl groups excluding tert-OH is 1. The summed E-state index contributed by atoms with van der Waals surface area (Å²) in [6.07, 6.45) is -4.58. The van der Waals surface area contributed by atoms with Gasteiger partial charge in [-0.1, -0.05) is 24.3 Å². The van der Waals surface area contributed by atoms with Crippen LogP contribution < -0.4 is 5.46 Å². The van der Waals surface area contributed by atoms with Crippen LogP contribution in [-0.2, 0) is 9.31 Å². The van der Waals surface area contributed by atoms with Crippen molar-refractivity contribution in [2.75, 3.05) is 0 Å². The third kappa shape index (κ3) is 4.35.